The van der Waals surface area contributed by atoms with Crippen molar-refractivity contribution in [3.05, 3.63) is 95.4 Å². The molecule has 0 saturated carbocycles. The van der Waals surface area contributed by atoms with Gasteiger partial charge in [0.2, 0.25) is 6.79 Å². The number of nitrogens with zero attached hydrogens (tertiary/aromatic N) is 1. The van der Waals surface area contributed by atoms with Crippen molar-refractivity contribution in [2.75, 3.05) is 19.2 Å². The zero-order valence-electron chi connectivity index (χ0n) is 19.7. The molecule has 182 valence electrons. The van der Waals surface area contributed by atoms with Crippen molar-refractivity contribution < 1.29 is 23.8 Å². The largest absolute Gasteiger partial charge is 0.465 e. The summed E-state index contributed by atoms with van der Waals surface area (Å²) >= 11 is 1.28. The van der Waals surface area contributed by atoms with E-state index in [0.717, 1.165) is 11.1 Å². The minimum atomic E-state index is -0.518. The van der Waals surface area contributed by atoms with E-state index >= 15 is 0 Å². The highest BCUT2D eigenvalue weighted by Crippen LogP contribution is 2.38. The first-order chi connectivity index (χ1) is 18.1. The number of rotatable bonds is 5. The van der Waals surface area contributed by atoms with Gasteiger partial charge in [0.1, 0.15) is 10.6 Å². The van der Waals surface area contributed by atoms with Gasteiger partial charge in [-0.05, 0) is 35.9 Å². The van der Waals surface area contributed by atoms with Gasteiger partial charge >= 0.3 is 5.97 Å². The highest BCUT2D eigenvalue weighted by molar-refractivity contribution is 7.15. The maximum absolute atomic E-state index is 13.7. The van der Waals surface area contributed by atoms with Gasteiger partial charge in [0.15, 0.2) is 11.5 Å². The summed E-state index contributed by atoms with van der Waals surface area (Å²) in [4.78, 5) is 31.2. The van der Waals surface area contributed by atoms with Crippen LogP contribution in [0.25, 0.3) is 33.3 Å². The molecule has 2 aromatic heterocycles. The van der Waals surface area contributed by atoms with Gasteiger partial charge in [0.05, 0.1) is 23.9 Å². The van der Waals surface area contributed by atoms with Crippen LogP contribution >= 0.6 is 11.3 Å². The Hall–Kier alpha value is -4.69. The normalized spacial score (nSPS) is 11.9. The summed E-state index contributed by atoms with van der Waals surface area (Å²) in [5, 5.41) is 5.91. The Morgan fingerprint density at radius 2 is 1.70 bits per heavy atom. The summed E-state index contributed by atoms with van der Waals surface area (Å²) in [7, 11) is 1.33. The molecule has 7 nitrogen and oxygen atoms in total. The molecule has 0 bridgehead atoms. The van der Waals surface area contributed by atoms with Crippen LogP contribution in [0.1, 0.15) is 20.7 Å². The quantitative estimate of drug-likeness (QED) is 0.277. The molecule has 8 heteroatoms. The lowest BCUT2D eigenvalue weighted by atomic mass is 10.0. The molecule has 0 fully saturated rings. The second-order valence-electron chi connectivity index (χ2n) is 8.31. The van der Waals surface area contributed by atoms with Crippen molar-refractivity contribution >= 4 is 39.1 Å². The fraction of sp³-hybridized carbons (Fsp3) is 0.0690. The van der Waals surface area contributed by atoms with E-state index in [0.29, 0.717) is 49.8 Å². The zero-order chi connectivity index (χ0) is 25.4. The molecule has 5 aromatic rings. The summed E-state index contributed by atoms with van der Waals surface area (Å²) < 4.78 is 16.0. The van der Waals surface area contributed by atoms with E-state index in [1.54, 1.807) is 6.07 Å². The Balaban J connectivity index is 1.42. The summed E-state index contributed by atoms with van der Waals surface area (Å²) in [5.74, 6) is 0.432. The second-order valence-corrected chi connectivity index (χ2v) is 9.19. The van der Waals surface area contributed by atoms with Crippen molar-refractivity contribution in [2.24, 2.45) is 0 Å². The van der Waals surface area contributed by atoms with E-state index in [2.05, 4.69) is 5.32 Å². The lowest BCUT2D eigenvalue weighted by Crippen LogP contribution is -2.15. The molecule has 3 heterocycles. The topological polar surface area (TPSA) is 86.8 Å². The van der Waals surface area contributed by atoms with Crippen molar-refractivity contribution in [1.82, 2.24) is 4.98 Å². The predicted molar refractivity (Wildman–Crippen MR) is 142 cm³/mol. The Bertz CT molecular complexity index is 1660. The molecule has 0 aliphatic carbocycles. The van der Waals surface area contributed by atoms with Crippen LogP contribution in [0.5, 0.6) is 11.5 Å². The first kappa shape index (κ1) is 22.8. The van der Waals surface area contributed by atoms with Crippen molar-refractivity contribution in [3.8, 4) is 33.9 Å². The maximum Gasteiger partial charge on any atom is 0.341 e. The molecule has 0 atom stereocenters. The number of carbonyl (C=O) groups is 2. The van der Waals surface area contributed by atoms with E-state index < -0.39 is 5.97 Å². The van der Waals surface area contributed by atoms with Crippen LogP contribution in [0.15, 0.2) is 84.2 Å². The number of amides is 1. The minimum absolute atomic E-state index is 0.173. The number of esters is 1. The first-order valence-corrected chi connectivity index (χ1v) is 12.4. The van der Waals surface area contributed by atoms with E-state index in [-0.39, 0.29) is 12.7 Å². The smallest absolute Gasteiger partial charge is 0.341 e. The van der Waals surface area contributed by atoms with E-state index in [1.807, 2.05) is 78.2 Å². The number of hydrogen-bond donors (Lipinski definition) is 1. The van der Waals surface area contributed by atoms with Gasteiger partial charge in [-0.1, -0.05) is 48.5 Å². The number of methoxy groups -OCH3 is 1. The lowest BCUT2D eigenvalue weighted by Gasteiger charge is -2.12. The highest BCUT2D eigenvalue weighted by Gasteiger charge is 2.24. The van der Waals surface area contributed by atoms with E-state index in [9.17, 15) is 9.59 Å². The number of pyridine rings is 1. The van der Waals surface area contributed by atoms with Crippen LogP contribution < -0.4 is 14.8 Å². The molecular weight excluding hydrogens is 488 g/mol. The van der Waals surface area contributed by atoms with Gasteiger partial charge in [0.25, 0.3) is 5.91 Å². The molecule has 0 unspecified atom stereocenters. The Morgan fingerprint density at radius 3 is 2.54 bits per heavy atom. The van der Waals surface area contributed by atoms with E-state index in [4.69, 9.17) is 19.2 Å². The number of para-hydroxylation sites is 1. The van der Waals surface area contributed by atoms with Crippen LogP contribution in [-0.4, -0.2) is 30.8 Å². The fourth-order valence-electron chi connectivity index (χ4n) is 4.32. The Kier molecular flexibility index (Phi) is 5.78. The highest BCUT2D eigenvalue weighted by atomic mass is 32.1. The van der Waals surface area contributed by atoms with Gasteiger partial charge in [0, 0.05) is 21.9 Å². The zero-order valence-corrected chi connectivity index (χ0v) is 20.5. The molecule has 1 aliphatic heterocycles. The SMILES string of the molecule is COC(=O)c1c(-c2ccccc2)csc1NC(=O)c1cc(-c2ccc3c(c2)OCO3)nc2ccccc12. The molecule has 37 heavy (non-hydrogen) atoms. The van der Waals surface area contributed by atoms with Crippen LogP contribution in [0.3, 0.4) is 0 Å². The van der Waals surface area contributed by atoms with Crippen LogP contribution in [0.2, 0.25) is 0 Å². The molecule has 1 aliphatic rings. The number of thiophene rings is 1. The number of nitrogens with one attached hydrogen (secondary N) is 1. The fourth-order valence-corrected chi connectivity index (χ4v) is 5.27. The van der Waals surface area contributed by atoms with Crippen LogP contribution in [0, 0.1) is 0 Å². The number of carbonyl (C=O) groups excluding carboxylic acids is 2. The Morgan fingerprint density at radius 1 is 0.919 bits per heavy atom. The molecule has 1 N–H and O–H groups in total. The van der Waals surface area contributed by atoms with Crippen molar-refractivity contribution in [1.29, 1.82) is 0 Å². The summed E-state index contributed by atoms with van der Waals surface area (Å²) in [6, 6.07) is 24.3. The molecular formula is C29H20N2O5S. The number of benzene rings is 3. The van der Waals surface area contributed by atoms with Crippen LogP contribution in [0.4, 0.5) is 5.00 Å². The average molecular weight is 509 g/mol. The maximum atomic E-state index is 13.7. The molecule has 0 radical (unpaired) electrons. The Labute approximate surface area is 216 Å². The summed E-state index contributed by atoms with van der Waals surface area (Å²) in [6.07, 6.45) is 0. The molecule has 3 aromatic carbocycles. The lowest BCUT2D eigenvalue weighted by molar-refractivity contribution is 0.0603. The van der Waals surface area contributed by atoms with Gasteiger partial charge in [-0.15, -0.1) is 11.3 Å². The molecule has 0 saturated heterocycles. The standard InChI is InChI=1S/C29H20N2O5S/c1-34-29(33)26-21(17-7-3-2-4-8-17)15-37-28(26)31-27(32)20-14-23(30-22-10-6-5-9-19(20)22)18-11-12-24-25(13-18)36-16-35-24/h2-15H,16H2,1H3,(H,31,32). The van der Waals surface area contributed by atoms with Gasteiger partial charge in [-0.2, -0.15) is 0 Å². The minimum Gasteiger partial charge on any atom is -0.465 e. The van der Waals surface area contributed by atoms with Crippen LogP contribution in [-0.2, 0) is 4.74 Å². The second kappa shape index (κ2) is 9.40. The number of ether oxygens (including phenoxy) is 3. The number of hydrogen-bond acceptors (Lipinski definition) is 7. The molecule has 0 spiro atoms. The summed E-state index contributed by atoms with van der Waals surface area (Å²) in [6.45, 7) is 0.173. The number of anilines is 1. The number of fused-ring (bicyclic) bond motifs is 2. The van der Waals surface area contributed by atoms with Gasteiger partial charge in [-0.25, -0.2) is 9.78 Å². The van der Waals surface area contributed by atoms with Crippen molar-refractivity contribution in [3.63, 3.8) is 0 Å². The molecule has 6 rings (SSSR count). The average Bonchev–Trinajstić information content (AvgIpc) is 3.59. The third-order valence-corrected chi connectivity index (χ3v) is 7.02. The van der Waals surface area contributed by atoms with E-state index in [1.165, 1.54) is 18.4 Å². The first-order valence-electron chi connectivity index (χ1n) is 11.5. The third-order valence-electron chi connectivity index (χ3n) is 6.12. The third kappa shape index (κ3) is 4.17. The van der Waals surface area contributed by atoms with Gasteiger partial charge < -0.3 is 19.5 Å². The monoisotopic (exact) mass is 508 g/mol. The number of aromatic nitrogens is 1. The van der Waals surface area contributed by atoms with Crippen molar-refractivity contribution in [2.45, 2.75) is 0 Å². The van der Waals surface area contributed by atoms with Gasteiger partial charge in [-0.3, -0.25) is 4.79 Å². The summed E-state index contributed by atoms with van der Waals surface area (Å²) in [5.41, 5.74) is 4.40. The molecule has 1 amide bonds. The predicted octanol–water partition coefficient (Wildman–Crippen LogP) is 6.40.